The first kappa shape index (κ1) is 15.1. The molecule has 0 heterocycles. The fourth-order valence-corrected chi connectivity index (χ4v) is 2.84. The van der Waals surface area contributed by atoms with Crippen molar-refractivity contribution in [2.45, 2.75) is 5.92 Å². The predicted octanol–water partition coefficient (Wildman–Crippen LogP) is 2.88. The van der Waals surface area contributed by atoms with Crippen molar-refractivity contribution in [3.63, 3.8) is 0 Å². The molecule has 1 aliphatic rings. The molecule has 0 bridgehead atoms. The fourth-order valence-electron chi connectivity index (χ4n) is 2.84. The molecule has 23 heavy (non-hydrogen) atoms. The summed E-state index contributed by atoms with van der Waals surface area (Å²) in [6, 6.07) is 10.1. The molecule has 0 amide bonds. The van der Waals surface area contributed by atoms with Crippen molar-refractivity contribution >= 4 is 11.6 Å². The van der Waals surface area contributed by atoms with Crippen LogP contribution in [0.25, 0.3) is 0 Å². The molecule has 0 N–H and O–H groups in total. The second kappa shape index (κ2) is 5.76. The molecule has 1 aliphatic carbocycles. The first-order valence-electron chi connectivity index (χ1n) is 7.09. The van der Waals surface area contributed by atoms with Gasteiger partial charge in [-0.05, 0) is 23.8 Å². The van der Waals surface area contributed by atoms with Gasteiger partial charge in [-0.15, -0.1) is 0 Å². The van der Waals surface area contributed by atoms with E-state index < -0.39 is 5.92 Å². The monoisotopic (exact) mass is 312 g/mol. The van der Waals surface area contributed by atoms with Gasteiger partial charge < -0.3 is 14.2 Å². The quantitative estimate of drug-likeness (QED) is 0.812. The molecule has 5 nitrogen and oxygen atoms in total. The molecule has 5 heteroatoms. The lowest BCUT2D eigenvalue weighted by molar-refractivity contribution is 0.0889. The van der Waals surface area contributed by atoms with Crippen LogP contribution in [0.4, 0.5) is 0 Å². The SMILES string of the molecule is COc1ccc(C2C(=O)c3cc(OC)cc(OC)c3C2=O)cc1. The van der Waals surface area contributed by atoms with Gasteiger partial charge in [-0.2, -0.15) is 0 Å². The highest BCUT2D eigenvalue weighted by molar-refractivity contribution is 6.30. The summed E-state index contributed by atoms with van der Waals surface area (Å²) >= 11 is 0. The molecule has 0 aliphatic heterocycles. The van der Waals surface area contributed by atoms with E-state index >= 15 is 0 Å². The molecule has 0 spiro atoms. The van der Waals surface area contributed by atoms with E-state index in [1.54, 1.807) is 43.5 Å². The van der Waals surface area contributed by atoms with Gasteiger partial charge in [0.1, 0.15) is 23.2 Å². The van der Waals surface area contributed by atoms with Gasteiger partial charge in [-0.3, -0.25) is 9.59 Å². The fraction of sp³-hybridized carbons (Fsp3) is 0.222. The molecule has 0 aromatic heterocycles. The molecular weight excluding hydrogens is 296 g/mol. The van der Waals surface area contributed by atoms with Crippen LogP contribution in [-0.2, 0) is 0 Å². The molecular formula is C18H16O5. The van der Waals surface area contributed by atoms with Gasteiger partial charge >= 0.3 is 0 Å². The molecule has 2 aromatic carbocycles. The number of fused-ring (bicyclic) bond motifs is 1. The van der Waals surface area contributed by atoms with Crippen molar-refractivity contribution in [1.82, 2.24) is 0 Å². The van der Waals surface area contributed by atoms with Gasteiger partial charge in [0.25, 0.3) is 0 Å². The standard InChI is InChI=1S/C18H16O5/c1-21-11-6-4-10(5-7-11)15-17(19)13-8-12(22-2)9-14(23-3)16(13)18(15)20/h4-9,15H,1-3H3. The van der Waals surface area contributed by atoms with Gasteiger partial charge in [-0.25, -0.2) is 0 Å². The van der Waals surface area contributed by atoms with Crippen molar-refractivity contribution < 1.29 is 23.8 Å². The van der Waals surface area contributed by atoms with Crippen LogP contribution < -0.4 is 14.2 Å². The van der Waals surface area contributed by atoms with E-state index in [9.17, 15) is 9.59 Å². The van der Waals surface area contributed by atoms with Crippen molar-refractivity contribution in [2.24, 2.45) is 0 Å². The molecule has 0 fully saturated rings. The van der Waals surface area contributed by atoms with E-state index in [1.165, 1.54) is 14.2 Å². The summed E-state index contributed by atoms with van der Waals surface area (Å²) in [5.41, 5.74) is 1.30. The van der Waals surface area contributed by atoms with E-state index in [0.29, 0.717) is 33.9 Å². The van der Waals surface area contributed by atoms with Crippen LogP contribution in [-0.4, -0.2) is 32.9 Å². The molecule has 3 rings (SSSR count). The summed E-state index contributed by atoms with van der Waals surface area (Å²) in [6.45, 7) is 0. The number of Topliss-reactive ketones (excluding diaryl/α,β-unsaturated/α-hetero) is 2. The summed E-state index contributed by atoms with van der Waals surface area (Å²) < 4.78 is 15.6. The summed E-state index contributed by atoms with van der Waals surface area (Å²) in [6.07, 6.45) is 0. The lowest BCUT2D eigenvalue weighted by atomic mass is 9.94. The highest BCUT2D eigenvalue weighted by atomic mass is 16.5. The molecule has 1 unspecified atom stereocenters. The maximum atomic E-state index is 12.8. The zero-order valence-corrected chi connectivity index (χ0v) is 13.1. The zero-order chi connectivity index (χ0) is 16.6. The second-order valence-electron chi connectivity index (χ2n) is 5.19. The summed E-state index contributed by atoms with van der Waals surface area (Å²) in [7, 11) is 4.53. The Morgan fingerprint density at radius 3 is 2.00 bits per heavy atom. The number of rotatable bonds is 4. The van der Waals surface area contributed by atoms with E-state index in [2.05, 4.69) is 0 Å². The normalized spacial score (nSPS) is 16.2. The Kier molecular flexibility index (Phi) is 3.78. The first-order valence-corrected chi connectivity index (χ1v) is 7.09. The van der Waals surface area contributed by atoms with E-state index in [1.807, 2.05) is 0 Å². The Labute approximate surface area is 133 Å². The predicted molar refractivity (Wildman–Crippen MR) is 83.9 cm³/mol. The summed E-state index contributed by atoms with van der Waals surface area (Å²) in [5, 5.41) is 0. The zero-order valence-electron chi connectivity index (χ0n) is 13.1. The molecule has 0 radical (unpaired) electrons. The third-order valence-corrected chi connectivity index (χ3v) is 4.02. The lowest BCUT2D eigenvalue weighted by Gasteiger charge is -2.09. The molecule has 118 valence electrons. The topological polar surface area (TPSA) is 61.8 Å². The molecule has 1 atom stereocenters. The smallest absolute Gasteiger partial charge is 0.182 e. The number of carbonyl (C=O) groups is 2. The van der Waals surface area contributed by atoms with Crippen LogP contribution >= 0.6 is 0 Å². The average molecular weight is 312 g/mol. The van der Waals surface area contributed by atoms with Crippen molar-refractivity contribution in [3.8, 4) is 17.2 Å². The Bertz CT molecular complexity index is 777. The lowest BCUT2D eigenvalue weighted by Crippen LogP contribution is -2.12. The van der Waals surface area contributed by atoms with E-state index in [-0.39, 0.29) is 11.6 Å². The van der Waals surface area contributed by atoms with Gasteiger partial charge in [0.15, 0.2) is 11.6 Å². The Hall–Kier alpha value is -2.82. The highest BCUT2D eigenvalue weighted by Gasteiger charge is 2.42. The Morgan fingerprint density at radius 1 is 0.783 bits per heavy atom. The number of methoxy groups -OCH3 is 3. The van der Waals surface area contributed by atoms with Crippen LogP contribution in [0, 0.1) is 0 Å². The van der Waals surface area contributed by atoms with Gasteiger partial charge in [0.05, 0.1) is 26.9 Å². The molecule has 0 saturated carbocycles. The average Bonchev–Trinajstić information content (AvgIpc) is 2.85. The molecule has 2 aromatic rings. The number of hydrogen-bond donors (Lipinski definition) is 0. The third kappa shape index (κ3) is 2.34. The summed E-state index contributed by atoms with van der Waals surface area (Å²) in [5.74, 6) is 0.160. The number of carbonyl (C=O) groups excluding carboxylic acids is 2. The molecule has 0 saturated heterocycles. The number of hydrogen-bond acceptors (Lipinski definition) is 5. The number of benzene rings is 2. The minimum Gasteiger partial charge on any atom is -0.497 e. The van der Waals surface area contributed by atoms with Crippen molar-refractivity contribution in [1.29, 1.82) is 0 Å². The Balaban J connectivity index is 2.09. The van der Waals surface area contributed by atoms with Gasteiger partial charge in [0, 0.05) is 11.6 Å². The largest absolute Gasteiger partial charge is 0.497 e. The van der Waals surface area contributed by atoms with E-state index in [4.69, 9.17) is 14.2 Å². The second-order valence-corrected chi connectivity index (χ2v) is 5.19. The van der Waals surface area contributed by atoms with Crippen LogP contribution in [0.5, 0.6) is 17.2 Å². The summed E-state index contributed by atoms with van der Waals surface area (Å²) in [4.78, 5) is 25.5. The van der Waals surface area contributed by atoms with Crippen molar-refractivity contribution in [3.05, 3.63) is 53.1 Å². The van der Waals surface area contributed by atoms with Crippen LogP contribution in [0.1, 0.15) is 32.2 Å². The van der Waals surface area contributed by atoms with Gasteiger partial charge in [0.2, 0.25) is 0 Å². The van der Waals surface area contributed by atoms with Crippen molar-refractivity contribution in [2.75, 3.05) is 21.3 Å². The van der Waals surface area contributed by atoms with Crippen LogP contribution in [0.3, 0.4) is 0 Å². The van der Waals surface area contributed by atoms with Crippen LogP contribution in [0.15, 0.2) is 36.4 Å². The maximum Gasteiger partial charge on any atom is 0.182 e. The Morgan fingerprint density at radius 2 is 1.43 bits per heavy atom. The number of ketones is 2. The van der Waals surface area contributed by atoms with Gasteiger partial charge in [-0.1, -0.05) is 12.1 Å². The first-order chi connectivity index (χ1) is 11.1. The minimum atomic E-state index is -0.850. The maximum absolute atomic E-state index is 12.8. The highest BCUT2D eigenvalue weighted by Crippen LogP contribution is 2.41. The van der Waals surface area contributed by atoms with E-state index in [0.717, 1.165) is 0 Å². The van der Waals surface area contributed by atoms with Crippen LogP contribution in [0.2, 0.25) is 0 Å². The number of ether oxygens (including phenoxy) is 3. The third-order valence-electron chi connectivity index (χ3n) is 4.02. The minimum absolute atomic E-state index is 0.243.